The molecule has 0 radical (unpaired) electrons. The summed E-state index contributed by atoms with van der Waals surface area (Å²) < 4.78 is 26.8. The zero-order valence-electron chi connectivity index (χ0n) is 17.6. The molecule has 0 aliphatic rings. The van der Waals surface area contributed by atoms with Crippen LogP contribution in [-0.4, -0.2) is 41.5 Å². The summed E-state index contributed by atoms with van der Waals surface area (Å²) in [6.07, 6.45) is 3.73. The van der Waals surface area contributed by atoms with Crippen LogP contribution in [0.2, 0.25) is 0 Å². The lowest BCUT2D eigenvalue weighted by atomic mass is 10.1. The minimum atomic E-state index is -0.256. The van der Waals surface area contributed by atoms with Crippen molar-refractivity contribution in [3.05, 3.63) is 47.0 Å². The van der Waals surface area contributed by atoms with Crippen LogP contribution in [0.5, 0.6) is 28.7 Å². The molecular weight excluding hydrogens is 374 g/mol. The summed E-state index contributed by atoms with van der Waals surface area (Å²) in [7, 11) is 7.77. The summed E-state index contributed by atoms with van der Waals surface area (Å²) in [5.74, 6) is 2.49. The first kappa shape index (κ1) is 21.9. The van der Waals surface area contributed by atoms with E-state index in [4.69, 9.17) is 23.7 Å². The minimum absolute atomic E-state index is 0.246. The number of allylic oxidation sites excluding steroid dienone is 1. The van der Waals surface area contributed by atoms with Crippen LogP contribution in [0, 0.1) is 0 Å². The smallest absolute Gasteiger partial charge is 0.251 e. The molecule has 2 aromatic rings. The first-order chi connectivity index (χ1) is 14.0. The Balaban J connectivity index is 2.30. The van der Waals surface area contributed by atoms with Gasteiger partial charge in [-0.1, -0.05) is 12.2 Å². The predicted molar refractivity (Wildman–Crippen MR) is 112 cm³/mol. The third-order valence-corrected chi connectivity index (χ3v) is 4.34. The summed E-state index contributed by atoms with van der Waals surface area (Å²) in [5.41, 5.74) is 1.96. The van der Waals surface area contributed by atoms with Gasteiger partial charge >= 0.3 is 0 Å². The summed E-state index contributed by atoms with van der Waals surface area (Å²) in [5, 5.41) is 2.90. The lowest BCUT2D eigenvalue weighted by molar-refractivity contribution is 0.0950. The largest absolute Gasteiger partial charge is 0.496 e. The Hall–Kier alpha value is -3.35. The van der Waals surface area contributed by atoms with Crippen LogP contribution in [0.15, 0.2) is 30.3 Å². The van der Waals surface area contributed by atoms with Gasteiger partial charge in [-0.2, -0.15) is 0 Å². The van der Waals surface area contributed by atoms with Crippen molar-refractivity contribution in [2.75, 3.05) is 35.5 Å². The fraction of sp³-hybridized carbons (Fsp3) is 0.318. The molecule has 1 N–H and O–H groups in total. The number of ether oxygens (including phenoxy) is 5. The number of rotatable bonds is 9. The maximum absolute atomic E-state index is 12.8. The lowest BCUT2D eigenvalue weighted by Gasteiger charge is -2.16. The van der Waals surface area contributed by atoms with E-state index < -0.39 is 0 Å². The van der Waals surface area contributed by atoms with E-state index in [0.717, 1.165) is 11.1 Å². The van der Waals surface area contributed by atoms with Crippen LogP contribution in [-0.2, 0) is 6.54 Å². The molecule has 7 nitrogen and oxygen atoms in total. The van der Waals surface area contributed by atoms with Gasteiger partial charge in [0.1, 0.15) is 5.75 Å². The number of hydrogen-bond acceptors (Lipinski definition) is 6. The van der Waals surface area contributed by atoms with E-state index in [-0.39, 0.29) is 12.5 Å². The second kappa shape index (κ2) is 10.3. The molecule has 0 saturated heterocycles. The third-order valence-electron chi connectivity index (χ3n) is 4.34. The van der Waals surface area contributed by atoms with Crippen LogP contribution in [0.1, 0.15) is 28.4 Å². The SMILES string of the molecule is C/C=C/c1cc(C(=O)NCc2cc(OC)c(OC)cc2OC)cc(OC)c1OC. The second-order valence-corrected chi connectivity index (χ2v) is 6.00. The number of carbonyl (C=O) groups is 1. The van der Waals surface area contributed by atoms with Gasteiger partial charge in [-0.15, -0.1) is 0 Å². The Morgan fingerprint density at radius 2 is 1.45 bits per heavy atom. The average Bonchev–Trinajstić information content (AvgIpc) is 2.76. The van der Waals surface area contributed by atoms with E-state index in [0.29, 0.717) is 34.3 Å². The monoisotopic (exact) mass is 401 g/mol. The van der Waals surface area contributed by atoms with Crippen molar-refractivity contribution >= 4 is 12.0 Å². The topological polar surface area (TPSA) is 75.3 Å². The summed E-state index contributed by atoms with van der Waals surface area (Å²) >= 11 is 0. The van der Waals surface area contributed by atoms with Crippen LogP contribution in [0.25, 0.3) is 6.08 Å². The van der Waals surface area contributed by atoms with Crippen LogP contribution >= 0.6 is 0 Å². The number of benzene rings is 2. The van der Waals surface area contributed by atoms with E-state index >= 15 is 0 Å². The van der Waals surface area contributed by atoms with Crippen molar-refractivity contribution in [2.45, 2.75) is 13.5 Å². The maximum atomic E-state index is 12.8. The molecule has 2 rings (SSSR count). The standard InChI is InChI=1S/C22H27NO6/c1-7-8-14-9-15(10-20(28-5)21(14)29-6)22(24)23-13-16-11-18(26-3)19(27-4)12-17(16)25-2/h7-12H,13H2,1-6H3,(H,23,24)/b8-7+. The van der Waals surface area contributed by atoms with E-state index in [2.05, 4.69) is 5.32 Å². The molecular formula is C22H27NO6. The highest BCUT2D eigenvalue weighted by molar-refractivity contribution is 5.96. The zero-order valence-corrected chi connectivity index (χ0v) is 17.6. The van der Waals surface area contributed by atoms with Crippen LogP contribution in [0.3, 0.4) is 0 Å². The van der Waals surface area contributed by atoms with E-state index in [1.54, 1.807) is 52.7 Å². The van der Waals surface area contributed by atoms with Crippen molar-refractivity contribution in [3.8, 4) is 28.7 Å². The van der Waals surface area contributed by atoms with E-state index in [1.807, 2.05) is 19.1 Å². The number of amides is 1. The molecule has 29 heavy (non-hydrogen) atoms. The molecule has 0 heterocycles. The average molecular weight is 401 g/mol. The predicted octanol–water partition coefficient (Wildman–Crippen LogP) is 3.69. The van der Waals surface area contributed by atoms with E-state index in [1.165, 1.54) is 7.11 Å². The van der Waals surface area contributed by atoms with Gasteiger partial charge in [0, 0.05) is 29.3 Å². The molecule has 0 aliphatic heterocycles. The Bertz CT molecular complexity index is 891. The molecule has 0 saturated carbocycles. The van der Waals surface area contributed by atoms with Gasteiger partial charge in [0.2, 0.25) is 0 Å². The molecule has 7 heteroatoms. The zero-order chi connectivity index (χ0) is 21.4. The first-order valence-electron chi connectivity index (χ1n) is 8.98. The van der Waals surface area contributed by atoms with Gasteiger partial charge in [-0.05, 0) is 25.1 Å². The number of methoxy groups -OCH3 is 5. The fourth-order valence-electron chi connectivity index (χ4n) is 2.94. The molecule has 0 unspecified atom stereocenters. The van der Waals surface area contributed by atoms with Gasteiger partial charge in [-0.3, -0.25) is 4.79 Å². The van der Waals surface area contributed by atoms with Crippen molar-refractivity contribution in [2.24, 2.45) is 0 Å². The van der Waals surface area contributed by atoms with Crippen molar-refractivity contribution in [1.29, 1.82) is 0 Å². The second-order valence-electron chi connectivity index (χ2n) is 6.00. The minimum Gasteiger partial charge on any atom is -0.496 e. The van der Waals surface area contributed by atoms with Gasteiger partial charge < -0.3 is 29.0 Å². The molecule has 0 bridgehead atoms. The summed E-state index contributed by atoms with van der Waals surface area (Å²) in [6, 6.07) is 6.90. The Kier molecular flexibility index (Phi) is 7.77. The number of hydrogen-bond donors (Lipinski definition) is 1. The molecule has 2 aromatic carbocycles. The molecule has 0 aliphatic carbocycles. The number of nitrogens with one attached hydrogen (secondary N) is 1. The maximum Gasteiger partial charge on any atom is 0.251 e. The molecule has 1 amide bonds. The van der Waals surface area contributed by atoms with E-state index in [9.17, 15) is 4.79 Å². The molecule has 0 atom stereocenters. The van der Waals surface area contributed by atoms with Gasteiger partial charge in [0.15, 0.2) is 23.0 Å². The Morgan fingerprint density at radius 1 is 0.828 bits per heavy atom. The normalized spacial score (nSPS) is 10.6. The molecule has 0 fully saturated rings. The number of carbonyl (C=O) groups excluding carboxylic acids is 1. The highest BCUT2D eigenvalue weighted by Crippen LogP contribution is 2.35. The van der Waals surface area contributed by atoms with Crippen LogP contribution < -0.4 is 29.0 Å². The van der Waals surface area contributed by atoms with Crippen molar-refractivity contribution in [1.82, 2.24) is 5.32 Å². The Labute approximate surface area is 171 Å². The lowest BCUT2D eigenvalue weighted by Crippen LogP contribution is -2.23. The first-order valence-corrected chi connectivity index (χ1v) is 8.98. The Morgan fingerprint density at radius 3 is 2.00 bits per heavy atom. The third kappa shape index (κ3) is 4.93. The molecule has 156 valence electrons. The van der Waals surface area contributed by atoms with Crippen molar-refractivity contribution in [3.63, 3.8) is 0 Å². The van der Waals surface area contributed by atoms with Crippen molar-refractivity contribution < 1.29 is 28.5 Å². The molecule has 0 aromatic heterocycles. The highest BCUT2D eigenvalue weighted by Gasteiger charge is 2.17. The summed E-state index contributed by atoms with van der Waals surface area (Å²) in [4.78, 5) is 12.8. The van der Waals surface area contributed by atoms with Crippen LogP contribution in [0.4, 0.5) is 0 Å². The van der Waals surface area contributed by atoms with Gasteiger partial charge in [0.25, 0.3) is 5.91 Å². The van der Waals surface area contributed by atoms with Gasteiger partial charge in [-0.25, -0.2) is 0 Å². The molecule has 0 spiro atoms. The fourth-order valence-corrected chi connectivity index (χ4v) is 2.94. The van der Waals surface area contributed by atoms with Gasteiger partial charge in [0.05, 0.1) is 35.5 Å². The quantitative estimate of drug-likeness (QED) is 0.691. The highest BCUT2D eigenvalue weighted by atomic mass is 16.5. The summed E-state index contributed by atoms with van der Waals surface area (Å²) in [6.45, 7) is 2.14.